The number of carboxylic acids is 1. The maximum Gasteiger partial charge on any atom is 0.331 e. The second-order valence-electron chi connectivity index (χ2n) is 3.54. The van der Waals surface area contributed by atoms with E-state index >= 15 is 0 Å². The highest BCUT2D eigenvalue weighted by Crippen LogP contribution is 2.32. The first-order valence-electron chi connectivity index (χ1n) is 4.62. The number of aromatic nitrogens is 2. The minimum atomic E-state index is -0.803. The number of aliphatic carboxylic acids is 1. The van der Waals surface area contributed by atoms with Crippen LogP contribution in [-0.4, -0.2) is 20.6 Å². The van der Waals surface area contributed by atoms with Gasteiger partial charge in [-0.2, -0.15) is 0 Å². The van der Waals surface area contributed by atoms with Crippen LogP contribution in [0.5, 0.6) is 0 Å². The van der Waals surface area contributed by atoms with E-state index in [1.54, 1.807) is 6.33 Å². The maximum atomic E-state index is 10.9. The molecule has 0 fully saturated rings. The summed E-state index contributed by atoms with van der Waals surface area (Å²) in [5.41, 5.74) is 2.24. The number of aryl methyl sites for hydroxylation is 1. The fraction of sp³-hybridized carbons (Fsp3) is 0.400. The molecule has 1 aromatic heterocycles. The van der Waals surface area contributed by atoms with Crippen molar-refractivity contribution in [2.75, 3.05) is 0 Å². The summed E-state index contributed by atoms with van der Waals surface area (Å²) in [6.45, 7) is 0. The van der Waals surface area contributed by atoms with Crippen LogP contribution in [0.3, 0.4) is 0 Å². The summed E-state index contributed by atoms with van der Waals surface area (Å²) in [6, 6.07) is 0. The highest BCUT2D eigenvalue weighted by atomic mass is 16.4. The smallest absolute Gasteiger partial charge is 0.331 e. The van der Waals surface area contributed by atoms with E-state index in [1.807, 2.05) is 17.8 Å². The number of rotatable bonds is 2. The summed E-state index contributed by atoms with van der Waals surface area (Å²) in [7, 11) is 1.88. The number of hydrogen-bond acceptors (Lipinski definition) is 2. The summed E-state index contributed by atoms with van der Waals surface area (Å²) in [6.07, 6.45) is 5.98. The first-order chi connectivity index (χ1) is 6.68. The molecule has 0 aromatic carbocycles. The Labute approximate surface area is 81.9 Å². The molecule has 0 radical (unpaired) electrons. The second-order valence-corrected chi connectivity index (χ2v) is 3.54. The van der Waals surface area contributed by atoms with Gasteiger partial charge in [0.15, 0.2) is 0 Å². The summed E-state index contributed by atoms with van der Waals surface area (Å²) < 4.78 is 1.83. The Morgan fingerprint density at radius 1 is 1.57 bits per heavy atom. The van der Waals surface area contributed by atoms with Gasteiger partial charge in [-0.1, -0.05) is 0 Å². The molecule has 1 N–H and O–H groups in total. The van der Waals surface area contributed by atoms with Crippen molar-refractivity contribution >= 4 is 11.5 Å². The van der Waals surface area contributed by atoms with Crippen LogP contribution in [0.25, 0.3) is 5.57 Å². The van der Waals surface area contributed by atoms with Gasteiger partial charge in [-0.25, -0.2) is 9.78 Å². The number of carbonyl (C=O) groups is 1. The lowest BCUT2D eigenvalue weighted by Crippen LogP contribution is -1.99. The van der Waals surface area contributed by atoms with Crippen LogP contribution in [-0.2, 0) is 11.8 Å². The first kappa shape index (κ1) is 8.99. The number of allylic oxidation sites excluding steroid dienone is 1. The van der Waals surface area contributed by atoms with Gasteiger partial charge in [-0.05, 0) is 24.8 Å². The molecule has 0 unspecified atom stereocenters. The molecule has 0 bridgehead atoms. The SMILES string of the molecule is Cn1cnc(C2=C(C(=O)O)CCC2)c1. The van der Waals surface area contributed by atoms with E-state index in [1.165, 1.54) is 0 Å². The number of nitrogens with zero attached hydrogens (tertiary/aromatic N) is 2. The van der Waals surface area contributed by atoms with E-state index in [9.17, 15) is 4.79 Å². The quantitative estimate of drug-likeness (QED) is 0.771. The molecule has 0 saturated heterocycles. The molecule has 1 aliphatic rings. The molecule has 4 heteroatoms. The Morgan fingerprint density at radius 3 is 2.93 bits per heavy atom. The highest BCUT2D eigenvalue weighted by molar-refractivity contribution is 5.97. The minimum absolute atomic E-state index is 0.531. The van der Waals surface area contributed by atoms with Gasteiger partial charge < -0.3 is 9.67 Å². The summed E-state index contributed by atoms with van der Waals surface area (Å²) >= 11 is 0. The molecule has 0 spiro atoms. The van der Waals surface area contributed by atoms with Crippen molar-refractivity contribution in [2.45, 2.75) is 19.3 Å². The van der Waals surface area contributed by atoms with Crippen molar-refractivity contribution in [2.24, 2.45) is 7.05 Å². The molecular weight excluding hydrogens is 180 g/mol. The molecule has 14 heavy (non-hydrogen) atoms. The van der Waals surface area contributed by atoms with Crippen molar-refractivity contribution in [1.82, 2.24) is 9.55 Å². The predicted octanol–water partition coefficient (Wildman–Crippen LogP) is 1.44. The van der Waals surface area contributed by atoms with E-state index in [2.05, 4.69) is 4.98 Å². The van der Waals surface area contributed by atoms with Crippen molar-refractivity contribution in [3.8, 4) is 0 Å². The normalized spacial score (nSPS) is 16.4. The Bertz CT molecular complexity index is 404. The minimum Gasteiger partial charge on any atom is -0.478 e. The Kier molecular flexibility index (Phi) is 2.11. The number of imidazole rings is 1. The zero-order valence-electron chi connectivity index (χ0n) is 8.03. The number of hydrogen-bond donors (Lipinski definition) is 1. The average molecular weight is 192 g/mol. The average Bonchev–Trinajstić information content (AvgIpc) is 2.70. The molecule has 0 amide bonds. The Balaban J connectivity index is 2.42. The van der Waals surface area contributed by atoms with E-state index < -0.39 is 5.97 Å². The molecule has 74 valence electrons. The molecule has 0 saturated carbocycles. The highest BCUT2D eigenvalue weighted by Gasteiger charge is 2.22. The molecule has 1 aromatic rings. The topological polar surface area (TPSA) is 55.1 Å². The van der Waals surface area contributed by atoms with Crippen molar-refractivity contribution in [3.05, 3.63) is 23.8 Å². The van der Waals surface area contributed by atoms with Crippen molar-refractivity contribution < 1.29 is 9.90 Å². The third-order valence-corrected chi connectivity index (χ3v) is 2.49. The van der Waals surface area contributed by atoms with E-state index in [4.69, 9.17) is 5.11 Å². The largest absolute Gasteiger partial charge is 0.478 e. The Morgan fingerprint density at radius 2 is 2.36 bits per heavy atom. The summed E-state index contributed by atoms with van der Waals surface area (Å²) in [4.78, 5) is 15.1. The van der Waals surface area contributed by atoms with Gasteiger partial charge in [-0.15, -0.1) is 0 Å². The Hall–Kier alpha value is -1.58. The molecule has 1 heterocycles. The lowest BCUT2D eigenvalue weighted by atomic mass is 10.1. The van der Waals surface area contributed by atoms with E-state index in [0.29, 0.717) is 12.0 Å². The fourth-order valence-corrected chi connectivity index (χ4v) is 1.83. The fourth-order valence-electron chi connectivity index (χ4n) is 1.83. The second kappa shape index (κ2) is 3.29. The maximum absolute atomic E-state index is 10.9. The lowest BCUT2D eigenvalue weighted by Gasteiger charge is -1.98. The van der Waals surface area contributed by atoms with Gasteiger partial charge in [0.05, 0.1) is 12.0 Å². The molecule has 4 nitrogen and oxygen atoms in total. The summed E-state index contributed by atoms with van der Waals surface area (Å²) in [5.74, 6) is -0.803. The zero-order chi connectivity index (χ0) is 10.1. The van der Waals surface area contributed by atoms with Gasteiger partial charge in [0.2, 0.25) is 0 Å². The molecule has 2 rings (SSSR count). The molecule has 0 atom stereocenters. The van der Waals surface area contributed by atoms with Gasteiger partial charge in [-0.3, -0.25) is 0 Å². The van der Waals surface area contributed by atoms with E-state index in [-0.39, 0.29) is 0 Å². The van der Waals surface area contributed by atoms with Crippen LogP contribution in [0, 0.1) is 0 Å². The van der Waals surface area contributed by atoms with Crippen LogP contribution in [0.4, 0.5) is 0 Å². The first-order valence-corrected chi connectivity index (χ1v) is 4.62. The number of carboxylic acid groups (broad SMARTS) is 1. The zero-order valence-corrected chi connectivity index (χ0v) is 8.03. The predicted molar refractivity (Wildman–Crippen MR) is 51.6 cm³/mol. The van der Waals surface area contributed by atoms with Gasteiger partial charge in [0, 0.05) is 18.8 Å². The standard InChI is InChI=1S/C10H12N2O2/c1-12-5-9(11-6-12)7-3-2-4-8(7)10(13)14/h5-6H,2-4H2,1H3,(H,13,14). The van der Waals surface area contributed by atoms with Crippen molar-refractivity contribution in [1.29, 1.82) is 0 Å². The van der Waals surface area contributed by atoms with Crippen LogP contribution in [0.1, 0.15) is 25.0 Å². The molecule has 1 aliphatic carbocycles. The third-order valence-electron chi connectivity index (χ3n) is 2.49. The molecule has 0 aliphatic heterocycles. The summed E-state index contributed by atoms with van der Waals surface area (Å²) in [5, 5.41) is 8.96. The van der Waals surface area contributed by atoms with Crippen LogP contribution in [0.2, 0.25) is 0 Å². The monoisotopic (exact) mass is 192 g/mol. The van der Waals surface area contributed by atoms with E-state index in [0.717, 1.165) is 24.1 Å². The van der Waals surface area contributed by atoms with Crippen molar-refractivity contribution in [3.63, 3.8) is 0 Å². The van der Waals surface area contributed by atoms with Gasteiger partial charge in [0.25, 0.3) is 0 Å². The van der Waals surface area contributed by atoms with Crippen LogP contribution in [0.15, 0.2) is 18.1 Å². The van der Waals surface area contributed by atoms with Gasteiger partial charge >= 0.3 is 5.97 Å². The van der Waals surface area contributed by atoms with Crippen LogP contribution < -0.4 is 0 Å². The molecular formula is C10H12N2O2. The lowest BCUT2D eigenvalue weighted by molar-refractivity contribution is -0.132. The van der Waals surface area contributed by atoms with Gasteiger partial charge in [0.1, 0.15) is 0 Å². The third kappa shape index (κ3) is 1.43. The van der Waals surface area contributed by atoms with Crippen LogP contribution >= 0.6 is 0 Å².